The summed E-state index contributed by atoms with van der Waals surface area (Å²) in [6.45, 7) is 25.2. The molecule has 1 aliphatic carbocycles. The van der Waals surface area contributed by atoms with E-state index in [-0.39, 0.29) is 155 Å². The van der Waals surface area contributed by atoms with Gasteiger partial charge in [0.05, 0.1) is 81.0 Å². The van der Waals surface area contributed by atoms with Crippen LogP contribution in [-0.4, -0.2) is 194 Å². The molecule has 3 atom stereocenters. The second-order valence-electron chi connectivity index (χ2n) is 29.7. The molecule has 6 aromatic rings. The van der Waals surface area contributed by atoms with Crippen LogP contribution in [0.1, 0.15) is 195 Å². The van der Waals surface area contributed by atoms with Crippen LogP contribution in [0.2, 0.25) is 0 Å². The van der Waals surface area contributed by atoms with E-state index in [4.69, 9.17) is 94.7 Å². The van der Waals surface area contributed by atoms with E-state index in [0.29, 0.717) is 111 Å². The highest BCUT2D eigenvalue weighted by Gasteiger charge is 2.34. The molecule has 134 heavy (non-hydrogen) atoms. The summed E-state index contributed by atoms with van der Waals surface area (Å²) in [4.78, 5) is 186. The van der Waals surface area contributed by atoms with E-state index in [1.807, 2.05) is 0 Å². The summed E-state index contributed by atoms with van der Waals surface area (Å²) in [5.41, 5.74) is 0.925. The fourth-order valence-corrected chi connectivity index (χ4v) is 12.0. The summed E-state index contributed by atoms with van der Waals surface area (Å²) in [5, 5.41) is 0. The smallest absolute Gasteiger partial charge is 0.343 e. The zero-order valence-electron chi connectivity index (χ0n) is 75.9. The third-order valence-corrected chi connectivity index (χ3v) is 19.0. The first kappa shape index (κ1) is 108. The lowest BCUT2D eigenvalue weighted by molar-refractivity contribution is -0.156. The number of hydrogen-bond donors (Lipinski definition) is 0. The number of carbonyl (C=O) groups is 15. The van der Waals surface area contributed by atoms with E-state index in [1.54, 1.807) is 107 Å². The highest BCUT2D eigenvalue weighted by molar-refractivity contribution is 5.98. The number of carbonyl (C=O) groups excluding carboxylic acids is 15. The number of benzene rings is 6. The molecule has 0 amide bonds. The van der Waals surface area contributed by atoms with Crippen molar-refractivity contribution >= 4 is 89.5 Å². The van der Waals surface area contributed by atoms with E-state index in [0.717, 1.165) is 37.1 Å². The lowest BCUT2D eigenvalue weighted by atomic mass is 9.82. The first-order valence-corrected chi connectivity index (χ1v) is 43.6. The highest BCUT2D eigenvalue weighted by Crippen LogP contribution is 2.35. The van der Waals surface area contributed by atoms with Crippen LogP contribution in [0, 0.1) is 18.8 Å². The Kier molecular flexibility index (Phi) is 49.0. The summed E-state index contributed by atoms with van der Waals surface area (Å²) >= 11 is 0. The molecule has 3 unspecified atom stereocenters. The predicted octanol–water partition coefficient (Wildman–Crippen LogP) is 14.5. The molecule has 0 bridgehead atoms. The van der Waals surface area contributed by atoms with Crippen molar-refractivity contribution in [1.29, 1.82) is 0 Å². The Morgan fingerprint density at radius 1 is 0.313 bits per heavy atom. The Bertz CT molecular complexity index is 4930. The molecule has 0 aliphatic heterocycles. The maximum absolute atomic E-state index is 13.5. The molecule has 35 heteroatoms. The van der Waals surface area contributed by atoms with E-state index in [1.165, 1.54) is 61.5 Å². The summed E-state index contributed by atoms with van der Waals surface area (Å²) in [5.74, 6) is -9.25. The molecule has 1 saturated carbocycles. The summed E-state index contributed by atoms with van der Waals surface area (Å²) in [6.07, 6.45) is 8.19. The van der Waals surface area contributed by atoms with Gasteiger partial charge in [-0.25, -0.2) is 43.2 Å². The van der Waals surface area contributed by atoms with Crippen molar-refractivity contribution in [2.24, 2.45) is 11.8 Å². The number of rotatable bonds is 57. The standard InChI is InChI=1S/C54H62O21.C45H52O14/c1-6-46(55)67-27-11-10-26-66-39-18-16-38(17-19-39)52(61)75-45-23-21-41(33-43(45)54(63)69-31-29-65-9-4)73-51(60)37-14-12-36(13-15-37)50(59)72-40-20-22-44(42(32-40)53(62)68-30-28-64-8-3)74-49(58)25-24-48(57)71-35(5)34-70-47(56)7-2;1-6-40(46)54-29-32(4)56-42(48)14-10-8-12-26-52-36-20-16-34(17-21-36)44(50)58-38-24-25-39(31(3)28-38)59-45(51)35-18-22-37(23-19-35)53-27-13-9-11-15-43(49)57-33(5)30-55-41(47)7-2/h6-7,16-23,32-33,35-37H,1-2,8-15,24-31,34H2,3-5H3;6-7,16-25,28,32-33H,1-2,8-15,26-27,29-30H2,3-5H3. The van der Waals surface area contributed by atoms with Crippen molar-refractivity contribution in [1.82, 2.24) is 0 Å². The number of aryl methyl sites for hydroxylation is 1. The van der Waals surface area contributed by atoms with Crippen molar-refractivity contribution in [2.75, 3.05) is 85.9 Å². The molecule has 7 rings (SSSR count). The van der Waals surface area contributed by atoms with Gasteiger partial charge in [0.25, 0.3) is 0 Å². The zero-order valence-corrected chi connectivity index (χ0v) is 75.9. The molecule has 0 spiro atoms. The molecule has 0 heterocycles. The Balaban J connectivity index is 0.000000424. The van der Waals surface area contributed by atoms with E-state index >= 15 is 0 Å². The lowest BCUT2D eigenvalue weighted by Crippen LogP contribution is -2.30. The number of ether oxygens (including phenoxy) is 20. The molecule has 35 nitrogen and oxygen atoms in total. The Morgan fingerprint density at radius 2 is 0.634 bits per heavy atom. The van der Waals surface area contributed by atoms with Crippen molar-refractivity contribution in [2.45, 2.75) is 163 Å². The average Bonchev–Trinajstić information content (AvgIpc) is 0.819. The van der Waals surface area contributed by atoms with Gasteiger partial charge in [-0.1, -0.05) is 26.3 Å². The molecular formula is C99H114O35. The van der Waals surface area contributed by atoms with E-state index < -0.39 is 114 Å². The van der Waals surface area contributed by atoms with Crippen LogP contribution in [0.3, 0.4) is 0 Å². The molecule has 1 aliphatic rings. The summed E-state index contributed by atoms with van der Waals surface area (Å²) < 4.78 is 107. The monoisotopic (exact) mass is 1860 g/mol. The lowest BCUT2D eigenvalue weighted by Gasteiger charge is -2.26. The van der Waals surface area contributed by atoms with Crippen molar-refractivity contribution < 1.29 is 167 Å². The molecule has 720 valence electrons. The topological polar surface area (TPSA) is 441 Å². The van der Waals surface area contributed by atoms with Crippen LogP contribution in [0.15, 0.2) is 178 Å². The van der Waals surface area contributed by atoms with Crippen molar-refractivity contribution in [3.05, 3.63) is 211 Å². The maximum atomic E-state index is 13.5. The van der Waals surface area contributed by atoms with E-state index in [9.17, 15) is 71.9 Å². The van der Waals surface area contributed by atoms with Crippen LogP contribution in [0.25, 0.3) is 0 Å². The first-order valence-electron chi connectivity index (χ1n) is 43.6. The fourth-order valence-electron chi connectivity index (χ4n) is 12.0. The second kappa shape index (κ2) is 60.6. The minimum absolute atomic E-state index is 0.0276. The maximum Gasteiger partial charge on any atom is 0.343 e. The van der Waals surface area contributed by atoms with Crippen LogP contribution < -0.4 is 42.6 Å². The van der Waals surface area contributed by atoms with Crippen LogP contribution >= 0.6 is 0 Å². The van der Waals surface area contributed by atoms with Crippen LogP contribution in [0.4, 0.5) is 0 Å². The van der Waals surface area contributed by atoms with E-state index in [2.05, 4.69) is 26.3 Å². The number of hydrogen-bond acceptors (Lipinski definition) is 35. The van der Waals surface area contributed by atoms with Gasteiger partial charge < -0.3 is 94.7 Å². The quantitative estimate of drug-likeness (QED) is 0.0112. The van der Waals surface area contributed by atoms with Gasteiger partial charge in [-0.15, -0.1) is 0 Å². The highest BCUT2D eigenvalue weighted by atomic mass is 16.6. The molecule has 0 radical (unpaired) electrons. The zero-order chi connectivity index (χ0) is 97.5. The number of unbranched alkanes of at least 4 members (excludes halogenated alkanes) is 5. The van der Waals surface area contributed by atoms with Gasteiger partial charge in [0.15, 0.2) is 0 Å². The molecule has 0 N–H and O–H groups in total. The van der Waals surface area contributed by atoms with Crippen LogP contribution in [-0.2, 0) is 100 Å². The molecule has 0 saturated heterocycles. The SMILES string of the molecule is C=CC(=O)OCC(C)OC(=O)CCCCCOc1ccc(C(=O)Oc2ccc(OC(=O)c3ccc(OCCCCCC(=O)OC(C)COC(=O)C=C)cc3)c(C)c2)cc1.C=CC(=O)OCCCCOc1ccc(C(=O)Oc2ccc(OC(=O)C3CCC(C(=O)Oc4ccc(OC(=O)CCC(=O)OC(C)COC(=O)C=C)c(C(=O)OCCOCC)c4)CC3)cc2C(=O)OCCOCC)cc1. The fraction of sp³-hybridized carbons (Fsp3) is 0.404. The molecule has 6 aromatic carbocycles. The molecule has 0 aromatic heterocycles. The van der Waals surface area contributed by atoms with Gasteiger partial charge in [-0.3, -0.25) is 28.8 Å². The second-order valence-corrected chi connectivity index (χ2v) is 29.7. The summed E-state index contributed by atoms with van der Waals surface area (Å²) in [7, 11) is 0. The molecular weight excluding hydrogens is 1750 g/mol. The first-order chi connectivity index (χ1) is 64.5. The van der Waals surface area contributed by atoms with Crippen molar-refractivity contribution in [3.8, 4) is 51.7 Å². The Morgan fingerprint density at radius 3 is 1.01 bits per heavy atom. The Hall–Kier alpha value is -14.4. The molecule has 1 fully saturated rings. The largest absolute Gasteiger partial charge is 0.494 e. The van der Waals surface area contributed by atoms with Crippen molar-refractivity contribution in [3.63, 3.8) is 0 Å². The summed E-state index contributed by atoms with van der Waals surface area (Å²) in [6, 6.07) is 31.5. The third-order valence-electron chi connectivity index (χ3n) is 19.0. The Labute approximate surface area is 776 Å². The number of esters is 15. The van der Waals surface area contributed by atoms with Gasteiger partial charge >= 0.3 is 89.5 Å². The van der Waals surface area contributed by atoms with Gasteiger partial charge in [0, 0.05) is 50.4 Å². The predicted molar refractivity (Wildman–Crippen MR) is 477 cm³/mol. The normalized spacial score (nSPS) is 13.0. The minimum atomic E-state index is -0.914. The average molecular weight is 1860 g/mol. The third kappa shape index (κ3) is 41.8. The van der Waals surface area contributed by atoms with Gasteiger partial charge in [0.1, 0.15) is 114 Å². The van der Waals surface area contributed by atoms with Crippen LogP contribution in [0.5, 0.6) is 51.7 Å². The van der Waals surface area contributed by atoms with Gasteiger partial charge in [-0.2, -0.15) is 0 Å². The van der Waals surface area contributed by atoms with Gasteiger partial charge in [-0.05, 0) is 252 Å². The van der Waals surface area contributed by atoms with Gasteiger partial charge in [0.2, 0.25) is 0 Å². The minimum Gasteiger partial charge on any atom is -0.494 e.